The number of rotatable bonds is 3. The smallest absolute Gasteiger partial charge is 0.163 e. The zero-order chi connectivity index (χ0) is 14.0. The molecule has 2 aromatic carbocycles. The summed E-state index contributed by atoms with van der Waals surface area (Å²) in [7, 11) is 0. The van der Waals surface area contributed by atoms with Gasteiger partial charge in [-0.3, -0.25) is 5.84 Å². The summed E-state index contributed by atoms with van der Waals surface area (Å²) in [6.45, 7) is 0. The molecule has 0 fully saturated rings. The molecule has 0 saturated carbocycles. The number of nitrogens with two attached hydrogens (primary N) is 1. The highest BCUT2D eigenvalue weighted by molar-refractivity contribution is 6.30. The van der Waals surface area contributed by atoms with Gasteiger partial charge in [0.1, 0.15) is 5.82 Å². The molecule has 2 nitrogen and oxygen atoms in total. The lowest BCUT2D eigenvalue weighted by Crippen LogP contribution is -2.29. The van der Waals surface area contributed by atoms with Crippen molar-refractivity contribution in [3.63, 3.8) is 0 Å². The second-order valence-electron chi connectivity index (χ2n) is 3.92. The lowest BCUT2D eigenvalue weighted by molar-refractivity contribution is 0.482. The number of hydrazine groups is 1. The number of benzene rings is 2. The van der Waals surface area contributed by atoms with E-state index < -0.39 is 23.5 Å². The average Bonchev–Trinajstić information content (AvgIpc) is 2.39. The Hall–Kier alpha value is -1.56. The van der Waals surface area contributed by atoms with Gasteiger partial charge in [0, 0.05) is 5.56 Å². The second kappa shape index (κ2) is 5.61. The summed E-state index contributed by atoms with van der Waals surface area (Å²) >= 11 is 5.57. The summed E-state index contributed by atoms with van der Waals surface area (Å²) < 4.78 is 40.3. The van der Waals surface area contributed by atoms with Gasteiger partial charge in [0.2, 0.25) is 0 Å². The van der Waals surface area contributed by atoms with Crippen molar-refractivity contribution >= 4 is 11.6 Å². The topological polar surface area (TPSA) is 38.0 Å². The minimum Gasteiger partial charge on any atom is -0.271 e. The molecule has 0 aliphatic carbocycles. The van der Waals surface area contributed by atoms with Crippen molar-refractivity contribution in [3.05, 3.63) is 70.0 Å². The molecular formula is C13H10ClF3N2. The lowest BCUT2D eigenvalue weighted by Gasteiger charge is -2.18. The molecule has 0 heterocycles. The zero-order valence-corrected chi connectivity index (χ0v) is 10.4. The van der Waals surface area contributed by atoms with E-state index in [2.05, 4.69) is 5.43 Å². The molecule has 2 rings (SSSR count). The fraction of sp³-hybridized carbons (Fsp3) is 0.0769. The number of halogens is 4. The third-order valence-electron chi connectivity index (χ3n) is 2.74. The van der Waals surface area contributed by atoms with Crippen LogP contribution in [-0.4, -0.2) is 0 Å². The fourth-order valence-corrected chi connectivity index (χ4v) is 1.92. The molecule has 0 saturated heterocycles. The summed E-state index contributed by atoms with van der Waals surface area (Å²) in [6.07, 6.45) is 0. The van der Waals surface area contributed by atoms with Crippen molar-refractivity contribution in [1.29, 1.82) is 0 Å². The van der Waals surface area contributed by atoms with E-state index in [4.69, 9.17) is 17.4 Å². The third kappa shape index (κ3) is 2.73. The van der Waals surface area contributed by atoms with Gasteiger partial charge in [-0.2, -0.15) is 0 Å². The fourth-order valence-electron chi connectivity index (χ4n) is 1.80. The van der Waals surface area contributed by atoms with Gasteiger partial charge in [-0.25, -0.2) is 18.6 Å². The molecule has 1 atom stereocenters. The third-order valence-corrected chi connectivity index (χ3v) is 3.04. The average molecular weight is 287 g/mol. The second-order valence-corrected chi connectivity index (χ2v) is 4.32. The molecule has 0 spiro atoms. The Labute approximate surface area is 113 Å². The number of nitrogens with one attached hydrogen (secondary N) is 1. The highest BCUT2D eigenvalue weighted by Crippen LogP contribution is 2.27. The lowest BCUT2D eigenvalue weighted by atomic mass is 9.98. The Morgan fingerprint density at radius 2 is 1.79 bits per heavy atom. The van der Waals surface area contributed by atoms with E-state index in [9.17, 15) is 13.2 Å². The number of hydrogen-bond acceptors (Lipinski definition) is 2. The Morgan fingerprint density at radius 1 is 1.05 bits per heavy atom. The van der Waals surface area contributed by atoms with Crippen LogP contribution >= 0.6 is 11.6 Å². The summed E-state index contributed by atoms with van der Waals surface area (Å²) in [6, 6.07) is 6.78. The predicted molar refractivity (Wildman–Crippen MR) is 66.9 cm³/mol. The van der Waals surface area contributed by atoms with Crippen LogP contribution < -0.4 is 11.3 Å². The SMILES string of the molecule is NNC(c1ccc(Cl)c(F)c1)c1cccc(F)c1F. The van der Waals surface area contributed by atoms with Crippen LogP contribution in [0.15, 0.2) is 36.4 Å². The molecule has 0 aliphatic heterocycles. The Kier molecular flexibility index (Phi) is 4.09. The first-order valence-electron chi connectivity index (χ1n) is 5.39. The summed E-state index contributed by atoms with van der Waals surface area (Å²) in [4.78, 5) is 0. The molecule has 0 aliphatic rings. The molecule has 1 unspecified atom stereocenters. The quantitative estimate of drug-likeness (QED) is 0.671. The van der Waals surface area contributed by atoms with Crippen LogP contribution in [0, 0.1) is 17.5 Å². The van der Waals surface area contributed by atoms with E-state index in [0.29, 0.717) is 5.56 Å². The van der Waals surface area contributed by atoms with Gasteiger partial charge in [-0.05, 0) is 23.8 Å². The molecule has 0 bridgehead atoms. The molecule has 100 valence electrons. The zero-order valence-electron chi connectivity index (χ0n) is 9.63. The van der Waals surface area contributed by atoms with Crippen LogP contribution in [0.1, 0.15) is 17.2 Å². The predicted octanol–water partition coefficient (Wildman–Crippen LogP) is 3.31. The summed E-state index contributed by atoms with van der Waals surface area (Å²) in [5.74, 6) is 2.67. The molecule has 0 amide bonds. The molecular weight excluding hydrogens is 277 g/mol. The maximum absolute atomic E-state index is 13.7. The van der Waals surface area contributed by atoms with Crippen LogP contribution in [0.5, 0.6) is 0 Å². The van der Waals surface area contributed by atoms with Crippen LogP contribution in [0.2, 0.25) is 5.02 Å². The molecule has 6 heteroatoms. The van der Waals surface area contributed by atoms with Gasteiger partial charge in [0.05, 0.1) is 11.1 Å². The van der Waals surface area contributed by atoms with E-state index in [1.807, 2.05) is 0 Å². The van der Waals surface area contributed by atoms with Gasteiger partial charge in [0.25, 0.3) is 0 Å². The first-order chi connectivity index (χ1) is 9.04. The largest absolute Gasteiger partial charge is 0.271 e. The molecule has 2 aromatic rings. The van der Waals surface area contributed by atoms with Crippen molar-refractivity contribution in [2.45, 2.75) is 6.04 Å². The molecule has 0 radical (unpaired) electrons. The highest BCUT2D eigenvalue weighted by Gasteiger charge is 2.19. The van der Waals surface area contributed by atoms with Crippen molar-refractivity contribution in [2.75, 3.05) is 0 Å². The van der Waals surface area contributed by atoms with Gasteiger partial charge in [-0.1, -0.05) is 29.8 Å². The van der Waals surface area contributed by atoms with Gasteiger partial charge < -0.3 is 0 Å². The Morgan fingerprint density at radius 3 is 2.42 bits per heavy atom. The van der Waals surface area contributed by atoms with Crippen molar-refractivity contribution in [2.24, 2.45) is 5.84 Å². The Bertz CT molecular complexity index is 604. The van der Waals surface area contributed by atoms with Crippen LogP contribution in [0.4, 0.5) is 13.2 Å². The molecule has 0 aromatic heterocycles. The monoisotopic (exact) mass is 286 g/mol. The van der Waals surface area contributed by atoms with E-state index >= 15 is 0 Å². The van der Waals surface area contributed by atoms with Crippen LogP contribution in [0.3, 0.4) is 0 Å². The first kappa shape index (κ1) is 13.9. The standard InChI is InChI=1S/C13H10ClF3N2/c14-9-5-4-7(6-11(9)16)13(19-18)8-2-1-3-10(15)12(8)17/h1-6,13,19H,18H2. The minimum atomic E-state index is -1.03. The highest BCUT2D eigenvalue weighted by atomic mass is 35.5. The van der Waals surface area contributed by atoms with Crippen LogP contribution in [0.25, 0.3) is 0 Å². The first-order valence-corrected chi connectivity index (χ1v) is 5.77. The summed E-state index contributed by atoms with van der Waals surface area (Å²) in [5, 5.41) is -0.0563. The van der Waals surface area contributed by atoms with Crippen molar-refractivity contribution in [3.8, 4) is 0 Å². The van der Waals surface area contributed by atoms with Gasteiger partial charge >= 0.3 is 0 Å². The van der Waals surface area contributed by atoms with Gasteiger partial charge in [-0.15, -0.1) is 0 Å². The van der Waals surface area contributed by atoms with E-state index in [1.165, 1.54) is 24.3 Å². The van der Waals surface area contributed by atoms with E-state index in [-0.39, 0.29) is 10.6 Å². The molecule has 3 N–H and O–H groups in total. The Balaban J connectivity index is 2.50. The molecule has 19 heavy (non-hydrogen) atoms. The van der Waals surface area contributed by atoms with Crippen LogP contribution in [-0.2, 0) is 0 Å². The minimum absolute atomic E-state index is 0.00998. The normalized spacial score (nSPS) is 12.5. The van der Waals surface area contributed by atoms with E-state index in [0.717, 1.165) is 12.1 Å². The maximum atomic E-state index is 13.7. The maximum Gasteiger partial charge on any atom is 0.163 e. The van der Waals surface area contributed by atoms with Gasteiger partial charge in [0.15, 0.2) is 11.6 Å². The van der Waals surface area contributed by atoms with E-state index in [1.54, 1.807) is 0 Å². The van der Waals surface area contributed by atoms with Crippen molar-refractivity contribution in [1.82, 2.24) is 5.43 Å². The number of hydrogen-bond donors (Lipinski definition) is 2. The summed E-state index contributed by atoms with van der Waals surface area (Å²) in [5.41, 5.74) is 2.66. The van der Waals surface area contributed by atoms with Crippen molar-refractivity contribution < 1.29 is 13.2 Å².